The second-order valence-electron chi connectivity index (χ2n) is 3.08. The summed E-state index contributed by atoms with van der Waals surface area (Å²) in [7, 11) is 1.89. The second kappa shape index (κ2) is 3.46. The first kappa shape index (κ1) is 9.27. The third kappa shape index (κ3) is 1.42. The third-order valence-electron chi connectivity index (χ3n) is 2.20. The lowest BCUT2D eigenvalue weighted by atomic mass is 10.2. The number of alkyl halides is 1. The standard InChI is InChI=1S/C9H10ClN3O/c1-6-8(5-11-13(6)2)9-3-7(4-10)12-14-9/h3,5H,4H2,1-2H3. The van der Waals surface area contributed by atoms with E-state index in [1.165, 1.54) is 0 Å². The molecule has 4 nitrogen and oxygen atoms in total. The largest absolute Gasteiger partial charge is 0.356 e. The highest BCUT2D eigenvalue weighted by molar-refractivity contribution is 6.16. The Hall–Kier alpha value is -1.29. The number of rotatable bonds is 2. The lowest BCUT2D eigenvalue weighted by Crippen LogP contribution is -1.92. The van der Waals surface area contributed by atoms with Gasteiger partial charge in [-0.1, -0.05) is 5.16 Å². The van der Waals surface area contributed by atoms with Crippen molar-refractivity contribution in [3.05, 3.63) is 23.7 Å². The molecule has 2 aromatic heterocycles. The molecule has 14 heavy (non-hydrogen) atoms. The maximum absolute atomic E-state index is 5.63. The van der Waals surface area contributed by atoms with Crippen molar-refractivity contribution in [2.75, 3.05) is 0 Å². The molecule has 5 heteroatoms. The Labute approximate surface area is 86.5 Å². The number of hydrogen-bond acceptors (Lipinski definition) is 3. The normalized spacial score (nSPS) is 10.8. The first-order valence-corrected chi connectivity index (χ1v) is 4.76. The van der Waals surface area contributed by atoms with Gasteiger partial charge in [0.15, 0.2) is 5.76 Å². The number of nitrogens with zero attached hydrogens (tertiary/aromatic N) is 3. The van der Waals surface area contributed by atoms with Gasteiger partial charge >= 0.3 is 0 Å². The van der Waals surface area contributed by atoms with Gasteiger partial charge in [-0.2, -0.15) is 5.10 Å². The minimum atomic E-state index is 0.364. The summed E-state index contributed by atoms with van der Waals surface area (Å²) in [6.07, 6.45) is 1.76. The van der Waals surface area contributed by atoms with Crippen LogP contribution in [-0.4, -0.2) is 14.9 Å². The first-order chi connectivity index (χ1) is 6.72. The van der Waals surface area contributed by atoms with Gasteiger partial charge in [0.05, 0.1) is 23.3 Å². The Morgan fingerprint density at radius 2 is 2.36 bits per heavy atom. The Morgan fingerprint density at radius 1 is 1.57 bits per heavy atom. The van der Waals surface area contributed by atoms with Gasteiger partial charge in [0.25, 0.3) is 0 Å². The van der Waals surface area contributed by atoms with Crippen LogP contribution in [0.25, 0.3) is 11.3 Å². The average molecular weight is 212 g/mol. The van der Waals surface area contributed by atoms with E-state index in [1.54, 1.807) is 10.9 Å². The fourth-order valence-corrected chi connectivity index (χ4v) is 1.37. The van der Waals surface area contributed by atoms with Crippen molar-refractivity contribution in [1.29, 1.82) is 0 Å². The van der Waals surface area contributed by atoms with Crippen LogP contribution < -0.4 is 0 Å². The summed E-state index contributed by atoms with van der Waals surface area (Å²) in [5.41, 5.74) is 2.74. The van der Waals surface area contributed by atoms with Crippen molar-refractivity contribution in [1.82, 2.24) is 14.9 Å². The van der Waals surface area contributed by atoms with Gasteiger partial charge in [-0.25, -0.2) is 0 Å². The van der Waals surface area contributed by atoms with Crippen molar-refractivity contribution in [2.24, 2.45) is 7.05 Å². The Balaban J connectivity index is 2.44. The molecule has 0 amide bonds. The Kier molecular flexibility index (Phi) is 2.29. The molecular weight excluding hydrogens is 202 g/mol. The molecule has 0 fully saturated rings. The molecule has 74 valence electrons. The fraction of sp³-hybridized carbons (Fsp3) is 0.333. The summed E-state index contributed by atoms with van der Waals surface area (Å²) in [6.45, 7) is 1.98. The highest BCUT2D eigenvalue weighted by atomic mass is 35.5. The quantitative estimate of drug-likeness (QED) is 0.715. The van der Waals surface area contributed by atoms with E-state index in [1.807, 2.05) is 20.0 Å². The van der Waals surface area contributed by atoms with Crippen molar-refractivity contribution >= 4 is 11.6 Å². The van der Waals surface area contributed by atoms with Crippen LogP contribution in [0.15, 0.2) is 16.8 Å². The molecule has 2 heterocycles. The van der Waals surface area contributed by atoms with Crippen LogP contribution >= 0.6 is 11.6 Å². The van der Waals surface area contributed by atoms with E-state index in [4.69, 9.17) is 16.1 Å². The van der Waals surface area contributed by atoms with Crippen LogP contribution in [-0.2, 0) is 12.9 Å². The highest BCUT2D eigenvalue weighted by Gasteiger charge is 2.11. The second-order valence-corrected chi connectivity index (χ2v) is 3.35. The zero-order valence-corrected chi connectivity index (χ0v) is 8.75. The van der Waals surface area contributed by atoms with Crippen molar-refractivity contribution in [3.8, 4) is 11.3 Å². The smallest absolute Gasteiger partial charge is 0.170 e. The molecule has 2 aromatic rings. The van der Waals surface area contributed by atoms with Crippen LogP contribution in [0, 0.1) is 6.92 Å². The monoisotopic (exact) mass is 211 g/mol. The molecule has 2 rings (SSSR count). The van der Waals surface area contributed by atoms with E-state index < -0.39 is 0 Å². The third-order valence-corrected chi connectivity index (χ3v) is 2.47. The van der Waals surface area contributed by atoms with Gasteiger partial charge in [0, 0.05) is 18.8 Å². The van der Waals surface area contributed by atoms with Crippen LogP contribution in [0.5, 0.6) is 0 Å². The van der Waals surface area contributed by atoms with Crippen molar-refractivity contribution < 1.29 is 4.52 Å². The summed E-state index contributed by atoms with van der Waals surface area (Å²) in [5.74, 6) is 1.08. The van der Waals surface area contributed by atoms with Gasteiger partial charge in [-0.15, -0.1) is 11.6 Å². The molecule has 0 atom stereocenters. The van der Waals surface area contributed by atoms with E-state index in [2.05, 4.69) is 10.3 Å². The van der Waals surface area contributed by atoms with Crippen molar-refractivity contribution in [3.63, 3.8) is 0 Å². The molecule has 0 bridgehead atoms. The van der Waals surface area contributed by atoms with E-state index in [-0.39, 0.29) is 0 Å². The van der Waals surface area contributed by atoms with Gasteiger partial charge in [-0.3, -0.25) is 4.68 Å². The first-order valence-electron chi connectivity index (χ1n) is 4.23. The van der Waals surface area contributed by atoms with Crippen LogP contribution in [0.1, 0.15) is 11.4 Å². The summed E-state index contributed by atoms with van der Waals surface area (Å²) >= 11 is 5.63. The summed E-state index contributed by atoms with van der Waals surface area (Å²) < 4.78 is 6.94. The predicted molar refractivity (Wildman–Crippen MR) is 53.0 cm³/mol. The van der Waals surface area contributed by atoms with Crippen LogP contribution in [0.4, 0.5) is 0 Å². The van der Waals surface area contributed by atoms with E-state index in [9.17, 15) is 0 Å². The van der Waals surface area contributed by atoms with E-state index in [0.29, 0.717) is 11.6 Å². The zero-order valence-electron chi connectivity index (χ0n) is 7.99. The molecule has 0 aromatic carbocycles. The van der Waals surface area contributed by atoms with E-state index >= 15 is 0 Å². The minimum Gasteiger partial charge on any atom is -0.356 e. The average Bonchev–Trinajstić information content (AvgIpc) is 2.75. The predicted octanol–water partition coefficient (Wildman–Crippen LogP) is 2.12. The van der Waals surface area contributed by atoms with E-state index in [0.717, 1.165) is 17.0 Å². The summed E-state index contributed by atoms with van der Waals surface area (Å²) in [6, 6.07) is 1.83. The lowest BCUT2D eigenvalue weighted by Gasteiger charge is -1.94. The molecule has 0 saturated heterocycles. The fourth-order valence-electron chi connectivity index (χ4n) is 1.24. The molecular formula is C9H10ClN3O. The zero-order chi connectivity index (χ0) is 10.1. The molecule has 0 spiro atoms. The number of aryl methyl sites for hydroxylation is 1. The van der Waals surface area contributed by atoms with Gasteiger partial charge in [-0.05, 0) is 6.92 Å². The number of hydrogen-bond donors (Lipinski definition) is 0. The van der Waals surface area contributed by atoms with Crippen LogP contribution in [0.2, 0.25) is 0 Å². The Bertz CT molecular complexity index is 447. The topological polar surface area (TPSA) is 43.9 Å². The maximum atomic E-state index is 5.63. The summed E-state index contributed by atoms with van der Waals surface area (Å²) in [5, 5.41) is 7.94. The Morgan fingerprint density at radius 3 is 2.86 bits per heavy atom. The van der Waals surface area contributed by atoms with Crippen LogP contribution in [0.3, 0.4) is 0 Å². The SMILES string of the molecule is Cc1c(-c2cc(CCl)no2)cnn1C. The molecule has 0 N–H and O–H groups in total. The maximum Gasteiger partial charge on any atom is 0.170 e. The molecule has 0 aliphatic heterocycles. The lowest BCUT2D eigenvalue weighted by molar-refractivity contribution is 0.426. The molecule has 0 aliphatic carbocycles. The number of halogens is 1. The summed E-state index contributed by atoms with van der Waals surface area (Å²) in [4.78, 5) is 0. The molecule has 0 saturated carbocycles. The molecule has 0 unspecified atom stereocenters. The van der Waals surface area contributed by atoms with Crippen molar-refractivity contribution in [2.45, 2.75) is 12.8 Å². The molecule has 0 aliphatic rings. The minimum absolute atomic E-state index is 0.364. The van der Waals surface area contributed by atoms with Gasteiger partial charge in [0.2, 0.25) is 0 Å². The highest BCUT2D eigenvalue weighted by Crippen LogP contribution is 2.23. The van der Waals surface area contributed by atoms with Gasteiger partial charge in [0.1, 0.15) is 0 Å². The number of aromatic nitrogens is 3. The van der Waals surface area contributed by atoms with Gasteiger partial charge < -0.3 is 4.52 Å². The molecule has 0 radical (unpaired) electrons.